The van der Waals surface area contributed by atoms with Gasteiger partial charge in [0.1, 0.15) is 17.7 Å². The lowest BCUT2D eigenvalue weighted by atomic mass is 10.1. The highest BCUT2D eigenvalue weighted by Gasteiger charge is 2.17. The molecule has 1 amide bonds. The first-order valence-electron chi connectivity index (χ1n) is 7.44. The van der Waals surface area contributed by atoms with E-state index in [0.29, 0.717) is 11.7 Å². The number of halogens is 2. The second-order valence-electron chi connectivity index (χ2n) is 5.37. The number of methoxy groups -OCH3 is 1. The molecule has 0 spiro atoms. The number of rotatable bonds is 7. The highest BCUT2D eigenvalue weighted by atomic mass is 19.1. The van der Waals surface area contributed by atoms with Gasteiger partial charge in [0, 0.05) is 32.6 Å². The first-order valence-corrected chi connectivity index (χ1v) is 7.44. The summed E-state index contributed by atoms with van der Waals surface area (Å²) in [6.07, 6.45) is 0.0342. The largest absolute Gasteiger partial charge is 0.374 e. The van der Waals surface area contributed by atoms with Gasteiger partial charge in [-0.2, -0.15) is 4.98 Å². The van der Waals surface area contributed by atoms with Crippen LogP contribution in [0.5, 0.6) is 0 Å². The topological polar surface area (TPSA) is 68.5 Å². The smallest absolute Gasteiger partial charge is 0.227 e. The van der Waals surface area contributed by atoms with Crippen LogP contribution in [0.15, 0.2) is 22.7 Å². The van der Waals surface area contributed by atoms with Crippen LogP contribution >= 0.6 is 0 Å². The van der Waals surface area contributed by atoms with Gasteiger partial charge in [0.15, 0.2) is 5.82 Å². The highest BCUT2D eigenvalue weighted by Crippen LogP contribution is 2.15. The fourth-order valence-electron chi connectivity index (χ4n) is 2.05. The molecule has 0 N–H and O–H groups in total. The molecule has 0 aliphatic heterocycles. The number of aromatic nitrogens is 2. The van der Waals surface area contributed by atoms with E-state index < -0.39 is 11.6 Å². The van der Waals surface area contributed by atoms with Crippen molar-refractivity contribution in [2.45, 2.75) is 32.4 Å². The van der Waals surface area contributed by atoms with Gasteiger partial charge >= 0.3 is 0 Å². The summed E-state index contributed by atoms with van der Waals surface area (Å²) in [6, 6.07) is 3.60. The Morgan fingerprint density at radius 2 is 2.04 bits per heavy atom. The van der Waals surface area contributed by atoms with Crippen molar-refractivity contribution in [2.24, 2.45) is 0 Å². The summed E-state index contributed by atoms with van der Waals surface area (Å²) in [5.41, 5.74) is -0.137. The molecule has 6 nitrogen and oxygen atoms in total. The number of carbonyl (C=O) groups is 1. The fourth-order valence-corrected chi connectivity index (χ4v) is 2.05. The molecule has 0 bridgehead atoms. The zero-order chi connectivity index (χ0) is 17.7. The molecule has 1 aromatic heterocycles. The van der Waals surface area contributed by atoms with Gasteiger partial charge in [-0.3, -0.25) is 4.79 Å². The third-order valence-electron chi connectivity index (χ3n) is 3.64. The summed E-state index contributed by atoms with van der Waals surface area (Å²) in [7, 11) is 3.02. The normalized spacial score (nSPS) is 12.2. The number of amides is 1. The molecule has 0 fully saturated rings. The Morgan fingerprint density at radius 3 is 2.67 bits per heavy atom. The number of hydrogen-bond acceptors (Lipinski definition) is 5. The maximum Gasteiger partial charge on any atom is 0.227 e. The van der Waals surface area contributed by atoms with Crippen LogP contribution < -0.4 is 0 Å². The van der Waals surface area contributed by atoms with Crippen molar-refractivity contribution >= 4 is 5.91 Å². The molecule has 0 saturated heterocycles. The molecule has 0 aliphatic carbocycles. The van der Waals surface area contributed by atoms with E-state index in [1.54, 1.807) is 6.92 Å². The summed E-state index contributed by atoms with van der Waals surface area (Å²) in [5, 5.41) is 3.77. The molecule has 1 heterocycles. The lowest BCUT2D eigenvalue weighted by molar-refractivity contribution is -0.130. The lowest BCUT2D eigenvalue weighted by Gasteiger charge is -2.17. The van der Waals surface area contributed by atoms with Gasteiger partial charge in [0.05, 0.1) is 6.54 Å². The van der Waals surface area contributed by atoms with E-state index in [2.05, 4.69) is 10.1 Å². The van der Waals surface area contributed by atoms with E-state index in [1.165, 1.54) is 25.1 Å². The Bertz CT molecular complexity index is 685. The second-order valence-corrected chi connectivity index (χ2v) is 5.37. The molecule has 8 heteroatoms. The van der Waals surface area contributed by atoms with Crippen LogP contribution in [0.25, 0.3) is 0 Å². The number of nitrogens with zero attached hydrogens (tertiary/aromatic N) is 3. The summed E-state index contributed by atoms with van der Waals surface area (Å²) < 4.78 is 37.3. The quantitative estimate of drug-likeness (QED) is 0.776. The predicted octanol–water partition coefficient (Wildman–Crippen LogP) is 2.65. The molecule has 0 aliphatic rings. The Labute approximate surface area is 138 Å². The van der Waals surface area contributed by atoms with Crippen LogP contribution in [0, 0.1) is 11.6 Å². The highest BCUT2D eigenvalue weighted by molar-refractivity contribution is 5.76. The minimum absolute atomic E-state index is 0.0928. The Hall–Kier alpha value is -2.35. The molecule has 2 aromatic rings. The van der Waals surface area contributed by atoms with Crippen molar-refractivity contribution in [3.8, 4) is 0 Å². The van der Waals surface area contributed by atoms with E-state index in [4.69, 9.17) is 9.26 Å². The zero-order valence-corrected chi connectivity index (χ0v) is 13.8. The van der Waals surface area contributed by atoms with Gasteiger partial charge < -0.3 is 14.2 Å². The Morgan fingerprint density at radius 1 is 1.38 bits per heavy atom. The maximum absolute atomic E-state index is 13.6. The van der Waals surface area contributed by atoms with Gasteiger partial charge in [0.25, 0.3) is 0 Å². The molecule has 24 heavy (non-hydrogen) atoms. The summed E-state index contributed by atoms with van der Waals surface area (Å²) in [6.45, 7) is 1.63. The van der Waals surface area contributed by atoms with E-state index in [-0.39, 0.29) is 37.0 Å². The molecular formula is C16H19F2N3O3. The average Bonchev–Trinajstić information content (AvgIpc) is 3.04. The second kappa shape index (κ2) is 7.96. The lowest BCUT2D eigenvalue weighted by Crippen LogP contribution is -2.27. The molecule has 0 radical (unpaired) electrons. The van der Waals surface area contributed by atoms with Crippen molar-refractivity contribution in [3.63, 3.8) is 0 Å². The SMILES string of the molecule is COC(C)c1noc(CCC(=O)N(C)Cc2c(F)cccc2F)n1. The van der Waals surface area contributed by atoms with Gasteiger partial charge in [-0.05, 0) is 19.1 Å². The Kier molecular flexibility index (Phi) is 5.97. The molecule has 0 saturated carbocycles. The van der Waals surface area contributed by atoms with Crippen LogP contribution in [0.1, 0.15) is 36.7 Å². The van der Waals surface area contributed by atoms with Crippen molar-refractivity contribution in [2.75, 3.05) is 14.2 Å². The summed E-state index contributed by atoms with van der Waals surface area (Å²) in [4.78, 5) is 17.5. The van der Waals surface area contributed by atoms with Crippen LogP contribution in [0.2, 0.25) is 0 Å². The summed E-state index contributed by atoms with van der Waals surface area (Å²) in [5.74, 6) is -0.916. The Balaban J connectivity index is 1.91. The minimum Gasteiger partial charge on any atom is -0.374 e. The first-order chi connectivity index (χ1) is 11.4. The van der Waals surface area contributed by atoms with Gasteiger partial charge in [0.2, 0.25) is 11.8 Å². The van der Waals surface area contributed by atoms with Crippen LogP contribution in [-0.4, -0.2) is 35.1 Å². The molecule has 1 unspecified atom stereocenters. The molecule has 1 atom stereocenters. The average molecular weight is 339 g/mol. The van der Waals surface area contributed by atoms with E-state index in [0.717, 1.165) is 12.1 Å². The predicted molar refractivity (Wildman–Crippen MR) is 80.9 cm³/mol. The van der Waals surface area contributed by atoms with E-state index >= 15 is 0 Å². The third kappa shape index (κ3) is 4.35. The van der Waals surface area contributed by atoms with Crippen LogP contribution in [0.3, 0.4) is 0 Å². The van der Waals surface area contributed by atoms with Crippen molar-refractivity contribution in [1.82, 2.24) is 15.0 Å². The minimum atomic E-state index is -0.676. The van der Waals surface area contributed by atoms with Gasteiger partial charge in [-0.15, -0.1) is 0 Å². The van der Waals surface area contributed by atoms with Crippen LogP contribution in [0.4, 0.5) is 8.78 Å². The first kappa shape index (κ1) is 18.0. The van der Waals surface area contributed by atoms with Gasteiger partial charge in [-0.25, -0.2) is 8.78 Å². The fraction of sp³-hybridized carbons (Fsp3) is 0.438. The van der Waals surface area contributed by atoms with E-state index in [1.807, 2.05) is 0 Å². The number of hydrogen-bond donors (Lipinski definition) is 0. The zero-order valence-electron chi connectivity index (χ0n) is 13.8. The molecule has 1 aromatic carbocycles. The standard InChI is InChI=1S/C16H19F2N3O3/c1-10(23-3)16-19-14(24-20-16)7-8-15(22)21(2)9-11-12(17)5-4-6-13(11)18/h4-6,10H,7-9H2,1-3H3. The number of ether oxygens (including phenoxy) is 1. The van der Waals surface area contributed by atoms with Crippen molar-refractivity contribution in [3.05, 3.63) is 47.1 Å². The maximum atomic E-state index is 13.6. The van der Waals surface area contributed by atoms with Crippen molar-refractivity contribution in [1.29, 1.82) is 0 Å². The third-order valence-corrected chi connectivity index (χ3v) is 3.64. The molecule has 2 rings (SSSR count). The molecule has 130 valence electrons. The molecular weight excluding hydrogens is 320 g/mol. The van der Waals surface area contributed by atoms with Crippen LogP contribution in [-0.2, 0) is 22.5 Å². The monoisotopic (exact) mass is 339 g/mol. The number of carbonyl (C=O) groups excluding carboxylic acids is 1. The summed E-state index contributed by atoms with van der Waals surface area (Å²) >= 11 is 0. The number of aryl methyl sites for hydroxylation is 1. The van der Waals surface area contributed by atoms with E-state index in [9.17, 15) is 13.6 Å². The number of benzene rings is 1. The van der Waals surface area contributed by atoms with Gasteiger partial charge in [-0.1, -0.05) is 11.2 Å². The van der Waals surface area contributed by atoms with Crippen molar-refractivity contribution < 1.29 is 22.8 Å².